The number of nitrogens with zero attached hydrogens (tertiary/aromatic N) is 1. The van der Waals surface area contributed by atoms with Gasteiger partial charge in [0.15, 0.2) is 11.6 Å². The average Bonchev–Trinajstić information content (AvgIpc) is 2.43. The van der Waals surface area contributed by atoms with Gasteiger partial charge in [-0.05, 0) is 42.7 Å². The van der Waals surface area contributed by atoms with Crippen LogP contribution in [0, 0.1) is 5.82 Å². The third kappa shape index (κ3) is 4.02. The van der Waals surface area contributed by atoms with E-state index >= 15 is 0 Å². The molecule has 0 aliphatic rings. The van der Waals surface area contributed by atoms with Crippen molar-refractivity contribution in [3.05, 3.63) is 52.5 Å². The monoisotopic (exact) mass is 338 g/mol. The van der Waals surface area contributed by atoms with Crippen LogP contribution < -0.4 is 10.5 Å². The number of pyridine rings is 1. The van der Waals surface area contributed by atoms with Gasteiger partial charge < -0.3 is 10.5 Å². The van der Waals surface area contributed by atoms with Gasteiger partial charge in [0, 0.05) is 16.7 Å². The Kier molecular flexibility index (Phi) is 5.09. The van der Waals surface area contributed by atoms with Crippen LogP contribution in [0.3, 0.4) is 0 Å². The van der Waals surface area contributed by atoms with Crippen molar-refractivity contribution in [3.63, 3.8) is 0 Å². The Bertz CT molecular complexity index is 592. The molecule has 3 nitrogen and oxygen atoms in total. The lowest BCUT2D eigenvalue weighted by Crippen LogP contribution is -2.21. The number of hydrogen-bond donors (Lipinski definition) is 1. The van der Waals surface area contributed by atoms with Crippen LogP contribution in [0.2, 0.25) is 0 Å². The summed E-state index contributed by atoms with van der Waals surface area (Å²) < 4.78 is 19.9. The maximum atomic E-state index is 13.6. The normalized spacial score (nSPS) is 12.2. The standard InChI is InChI=1S/C15H16BrFN2O/c1-2-12(18)5-10-6-13(9-19-8-10)20-15-7-11(16)3-4-14(15)17/h3-4,6-9,12H,2,5,18H2,1H3. The van der Waals surface area contributed by atoms with Crippen LogP contribution in [0.5, 0.6) is 11.5 Å². The summed E-state index contributed by atoms with van der Waals surface area (Å²) in [7, 11) is 0. The summed E-state index contributed by atoms with van der Waals surface area (Å²) in [5, 5.41) is 0. The molecular weight excluding hydrogens is 323 g/mol. The fraction of sp³-hybridized carbons (Fsp3) is 0.267. The minimum atomic E-state index is -0.413. The largest absolute Gasteiger partial charge is 0.453 e. The predicted molar refractivity (Wildman–Crippen MR) is 80.4 cm³/mol. The zero-order chi connectivity index (χ0) is 14.5. The van der Waals surface area contributed by atoms with E-state index in [2.05, 4.69) is 20.9 Å². The summed E-state index contributed by atoms with van der Waals surface area (Å²) in [6.45, 7) is 2.04. The van der Waals surface area contributed by atoms with E-state index in [1.165, 1.54) is 6.07 Å². The first-order chi connectivity index (χ1) is 9.58. The third-order valence-corrected chi connectivity index (χ3v) is 3.41. The van der Waals surface area contributed by atoms with E-state index in [0.717, 1.165) is 22.9 Å². The molecule has 1 unspecified atom stereocenters. The Morgan fingerprint density at radius 1 is 1.35 bits per heavy atom. The highest BCUT2D eigenvalue weighted by Crippen LogP contribution is 2.27. The van der Waals surface area contributed by atoms with Crippen LogP contribution in [0.4, 0.5) is 4.39 Å². The third-order valence-electron chi connectivity index (χ3n) is 2.91. The number of aromatic nitrogens is 1. The molecule has 0 bridgehead atoms. The van der Waals surface area contributed by atoms with Crippen molar-refractivity contribution in [1.29, 1.82) is 0 Å². The molecule has 0 spiro atoms. The van der Waals surface area contributed by atoms with Crippen LogP contribution in [-0.4, -0.2) is 11.0 Å². The summed E-state index contributed by atoms with van der Waals surface area (Å²) in [5.41, 5.74) is 6.90. The van der Waals surface area contributed by atoms with E-state index < -0.39 is 5.82 Å². The number of nitrogens with two attached hydrogens (primary N) is 1. The molecule has 0 amide bonds. The zero-order valence-electron chi connectivity index (χ0n) is 11.1. The quantitative estimate of drug-likeness (QED) is 0.894. The fourth-order valence-electron chi connectivity index (χ4n) is 1.76. The van der Waals surface area contributed by atoms with E-state index in [1.807, 2.05) is 13.0 Å². The molecule has 0 aliphatic carbocycles. The minimum absolute atomic E-state index is 0.0923. The maximum absolute atomic E-state index is 13.6. The number of halogens is 2. The molecule has 1 aromatic heterocycles. The molecule has 2 rings (SSSR count). The van der Waals surface area contributed by atoms with Gasteiger partial charge in [-0.25, -0.2) is 4.39 Å². The number of hydrogen-bond acceptors (Lipinski definition) is 3. The molecule has 106 valence electrons. The Hall–Kier alpha value is -1.46. The average molecular weight is 339 g/mol. The van der Waals surface area contributed by atoms with Crippen LogP contribution in [0.1, 0.15) is 18.9 Å². The lowest BCUT2D eigenvalue weighted by atomic mass is 10.1. The molecule has 0 saturated heterocycles. The van der Waals surface area contributed by atoms with Gasteiger partial charge in [0.1, 0.15) is 5.75 Å². The maximum Gasteiger partial charge on any atom is 0.165 e. The van der Waals surface area contributed by atoms with Crippen molar-refractivity contribution in [3.8, 4) is 11.5 Å². The highest BCUT2D eigenvalue weighted by atomic mass is 79.9. The first-order valence-electron chi connectivity index (χ1n) is 6.41. The molecule has 1 aromatic carbocycles. The van der Waals surface area contributed by atoms with Crippen molar-refractivity contribution >= 4 is 15.9 Å². The van der Waals surface area contributed by atoms with Gasteiger partial charge in [-0.1, -0.05) is 22.9 Å². The van der Waals surface area contributed by atoms with Gasteiger partial charge in [-0.2, -0.15) is 0 Å². The zero-order valence-corrected chi connectivity index (χ0v) is 12.7. The molecule has 1 heterocycles. The Morgan fingerprint density at radius 2 is 2.15 bits per heavy atom. The van der Waals surface area contributed by atoms with Crippen LogP contribution in [-0.2, 0) is 6.42 Å². The second-order valence-corrected chi connectivity index (χ2v) is 5.49. The summed E-state index contributed by atoms with van der Waals surface area (Å²) in [6, 6.07) is 6.48. The summed E-state index contributed by atoms with van der Waals surface area (Å²) in [5.74, 6) is 0.254. The fourth-order valence-corrected chi connectivity index (χ4v) is 2.10. The summed E-state index contributed by atoms with van der Waals surface area (Å²) in [4.78, 5) is 4.11. The molecule has 0 saturated carbocycles. The molecular formula is C15H16BrFN2O. The number of benzene rings is 1. The molecule has 0 fully saturated rings. The van der Waals surface area contributed by atoms with E-state index in [4.69, 9.17) is 10.5 Å². The molecule has 2 aromatic rings. The van der Waals surface area contributed by atoms with E-state index in [9.17, 15) is 4.39 Å². The topological polar surface area (TPSA) is 48.1 Å². The van der Waals surface area contributed by atoms with Crippen molar-refractivity contribution in [2.75, 3.05) is 0 Å². The highest BCUT2D eigenvalue weighted by Gasteiger charge is 2.08. The first-order valence-corrected chi connectivity index (χ1v) is 7.20. The van der Waals surface area contributed by atoms with Gasteiger partial charge in [0.25, 0.3) is 0 Å². The number of rotatable bonds is 5. The Morgan fingerprint density at radius 3 is 2.90 bits per heavy atom. The van der Waals surface area contributed by atoms with Gasteiger partial charge in [-0.3, -0.25) is 4.98 Å². The second-order valence-electron chi connectivity index (χ2n) is 4.58. The van der Waals surface area contributed by atoms with Crippen molar-refractivity contribution in [2.24, 2.45) is 5.73 Å². The number of ether oxygens (including phenoxy) is 1. The molecule has 0 radical (unpaired) electrons. The van der Waals surface area contributed by atoms with Crippen molar-refractivity contribution in [1.82, 2.24) is 4.98 Å². The van der Waals surface area contributed by atoms with E-state index in [1.54, 1.807) is 24.5 Å². The van der Waals surface area contributed by atoms with E-state index in [-0.39, 0.29) is 11.8 Å². The second kappa shape index (κ2) is 6.81. The van der Waals surface area contributed by atoms with Gasteiger partial charge in [0.2, 0.25) is 0 Å². The highest BCUT2D eigenvalue weighted by molar-refractivity contribution is 9.10. The molecule has 20 heavy (non-hydrogen) atoms. The van der Waals surface area contributed by atoms with Crippen LogP contribution >= 0.6 is 15.9 Å². The van der Waals surface area contributed by atoms with Crippen LogP contribution in [0.15, 0.2) is 41.1 Å². The van der Waals surface area contributed by atoms with Gasteiger partial charge >= 0.3 is 0 Å². The summed E-state index contributed by atoms with van der Waals surface area (Å²) >= 11 is 3.29. The van der Waals surface area contributed by atoms with Gasteiger partial charge in [-0.15, -0.1) is 0 Å². The molecule has 1 atom stereocenters. The smallest absolute Gasteiger partial charge is 0.165 e. The minimum Gasteiger partial charge on any atom is -0.453 e. The summed E-state index contributed by atoms with van der Waals surface area (Å²) in [6.07, 6.45) is 4.92. The molecule has 2 N–H and O–H groups in total. The first kappa shape index (κ1) is 14.9. The Labute approximate surface area is 126 Å². The SMILES string of the molecule is CCC(N)Cc1cncc(Oc2cc(Br)ccc2F)c1. The molecule has 0 aliphatic heterocycles. The van der Waals surface area contributed by atoms with Crippen molar-refractivity contribution in [2.45, 2.75) is 25.8 Å². The van der Waals surface area contributed by atoms with Gasteiger partial charge in [0.05, 0.1) is 6.20 Å². The van der Waals surface area contributed by atoms with Crippen molar-refractivity contribution < 1.29 is 9.13 Å². The lowest BCUT2D eigenvalue weighted by Gasteiger charge is -2.11. The molecule has 5 heteroatoms. The van der Waals surface area contributed by atoms with E-state index in [0.29, 0.717) is 5.75 Å². The van der Waals surface area contributed by atoms with Crippen LogP contribution in [0.25, 0.3) is 0 Å². The lowest BCUT2D eigenvalue weighted by molar-refractivity contribution is 0.439. The predicted octanol–water partition coefficient (Wildman–Crippen LogP) is 4.06. The Balaban J connectivity index is 2.17.